The van der Waals surface area contributed by atoms with Crippen LogP contribution in [0.3, 0.4) is 0 Å². The van der Waals surface area contributed by atoms with E-state index in [1.54, 1.807) is 24.3 Å². The van der Waals surface area contributed by atoms with E-state index in [9.17, 15) is 20.2 Å². The predicted molar refractivity (Wildman–Crippen MR) is 89.9 cm³/mol. The zero-order valence-electron chi connectivity index (χ0n) is 13.1. The number of nitrogens with zero attached hydrogens (tertiary/aromatic N) is 2. The van der Waals surface area contributed by atoms with Gasteiger partial charge in [0, 0.05) is 17.8 Å². The molecule has 126 valence electrons. The first kappa shape index (κ1) is 17.2. The summed E-state index contributed by atoms with van der Waals surface area (Å²) in [6, 6.07) is 10.5. The van der Waals surface area contributed by atoms with Crippen molar-refractivity contribution in [2.24, 2.45) is 0 Å². The third kappa shape index (κ3) is 4.42. The van der Waals surface area contributed by atoms with Gasteiger partial charge in [-0.25, -0.2) is 0 Å². The number of nitro benzene ring substituents is 2. The smallest absolute Gasteiger partial charge is 0.299 e. The van der Waals surface area contributed by atoms with Crippen molar-refractivity contribution in [3.05, 3.63) is 62.7 Å². The fourth-order valence-electron chi connectivity index (χ4n) is 2.04. The Labute approximate surface area is 138 Å². The van der Waals surface area contributed by atoms with Crippen molar-refractivity contribution in [1.82, 2.24) is 0 Å². The largest absolute Gasteiger partial charge is 0.494 e. The monoisotopic (exact) mass is 331 g/mol. The molecule has 0 spiro atoms. The first-order valence-corrected chi connectivity index (χ1v) is 7.44. The van der Waals surface area contributed by atoms with Crippen LogP contribution >= 0.6 is 0 Å². The SMILES string of the molecule is CCCCOc1cccc(Nc2ccc([N+](=O)[O-])cc2[N+](=O)[O-])c1. The summed E-state index contributed by atoms with van der Waals surface area (Å²) in [7, 11) is 0. The molecule has 0 saturated heterocycles. The Morgan fingerprint density at radius 1 is 1.08 bits per heavy atom. The number of unbranched alkanes of at least 4 members (excludes halogenated alkanes) is 1. The molecule has 24 heavy (non-hydrogen) atoms. The summed E-state index contributed by atoms with van der Waals surface area (Å²) in [5, 5.41) is 24.8. The maximum atomic E-state index is 11.1. The van der Waals surface area contributed by atoms with E-state index in [0.717, 1.165) is 18.9 Å². The van der Waals surface area contributed by atoms with Crippen molar-refractivity contribution in [2.45, 2.75) is 19.8 Å². The van der Waals surface area contributed by atoms with Crippen LogP contribution < -0.4 is 10.1 Å². The average Bonchev–Trinajstić information content (AvgIpc) is 2.55. The van der Waals surface area contributed by atoms with E-state index in [2.05, 4.69) is 12.2 Å². The highest BCUT2D eigenvalue weighted by molar-refractivity contribution is 5.72. The standard InChI is InChI=1S/C16H17N3O5/c1-2-3-9-24-14-6-4-5-12(10-14)17-15-8-7-13(18(20)21)11-16(15)19(22)23/h4-8,10-11,17H,2-3,9H2,1H3. The molecule has 0 bridgehead atoms. The van der Waals surface area contributed by atoms with E-state index in [1.165, 1.54) is 12.1 Å². The number of hydrogen-bond donors (Lipinski definition) is 1. The molecule has 0 aliphatic rings. The summed E-state index contributed by atoms with van der Waals surface area (Å²) in [6.07, 6.45) is 1.96. The minimum absolute atomic E-state index is 0.177. The highest BCUT2D eigenvalue weighted by Gasteiger charge is 2.19. The molecule has 2 rings (SSSR count). The van der Waals surface area contributed by atoms with Crippen molar-refractivity contribution < 1.29 is 14.6 Å². The fourth-order valence-corrected chi connectivity index (χ4v) is 2.04. The Hall–Kier alpha value is -3.16. The third-order valence-electron chi connectivity index (χ3n) is 3.27. The maximum Gasteiger partial charge on any atom is 0.299 e. The summed E-state index contributed by atoms with van der Waals surface area (Å²) in [6.45, 7) is 2.66. The molecule has 8 nitrogen and oxygen atoms in total. The minimum atomic E-state index is -0.668. The van der Waals surface area contributed by atoms with Crippen LogP contribution in [0.4, 0.5) is 22.7 Å². The second kappa shape index (κ2) is 7.91. The van der Waals surface area contributed by atoms with Gasteiger partial charge in [-0.05, 0) is 24.6 Å². The number of rotatable bonds is 8. The second-order valence-electron chi connectivity index (χ2n) is 5.07. The number of ether oxygens (including phenoxy) is 1. The molecule has 0 aliphatic heterocycles. The molecule has 0 saturated carbocycles. The van der Waals surface area contributed by atoms with Gasteiger partial charge in [-0.2, -0.15) is 0 Å². The molecule has 0 aliphatic carbocycles. The van der Waals surface area contributed by atoms with Crippen molar-refractivity contribution in [3.63, 3.8) is 0 Å². The van der Waals surface area contributed by atoms with Crippen molar-refractivity contribution in [1.29, 1.82) is 0 Å². The average molecular weight is 331 g/mol. The van der Waals surface area contributed by atoms with E-state index in [0.29, 0.717) is 18.0 Å². The van der Waals surface area contributed by atoms with E-state index < -0.39 is 9.85 Å². The number of nitro groups is 2. The lowest BCUT2D eigenvalue weighted by Crippen LogP contribution is -2.00. The zero-order chi connectivity index (χ0) is 17.5. The molecule has 0 amide bonds. The highest BCUT2D eigenvalue weighted by Crippen LogP contribution is 2.32. The molecule has 0 unspecified atom stereocenters. The highest BCUT2D eigenvalue weighted by atomic mass is 16.6. The molecule has 8 heteroatoms. The lowest BCUT2D eigenvalue weighted by atomic mass is 10.2. The van der Waals surface area contributed by atoms with E-state index in [-0.39, 0.29) is 17.1 Å². The van der Waals surface area contributed by atoms with Gasteiger partial charge in [0.15, 0.2) is 0 Å². The quantitative estimate of drug-likeness (QED) is 0.435. The number of benzene rings is 2. The van der Waals surface area contributed by atoms with Gasteiger partial charge in [0.25, 0.3) is 11.4 Å². The summed E-state index contributed by atoms with van der Waals surface area (Å²) in [5.74, 6) is 0.651. The van der Waals surface area contributed by atoms with Crippen LogP contribution in [0.5, 0.6) is 5.75 Å². The molecule has 2 aromatic carbocycles. The van der Waals surface area contributed by atoms with Crippen LogP contribution in [0, 0.1) is 20.2 Å². The molecule has 0 heterocycles. The van der Waals surface area contributed by atoms with Crippen molar-refractivity contribution in [2.75, 3.05) is 11.9 Å². The fraction of sp³-hybridized carbons (Fsp3) is 0.250. The first-order chi connectivity index (χ1) is 11.5. The third-order valence-corrected chi connectivity index (χ3v) is 3.27. The van der Waals surface area contributed by atoms with Crippen LogP contribution in [0.1, 0.15) is 19.8 Å². The topological polar surface area (TPSA) is 108 Å². The summed E-state index contributed by atoms with van der Waals surface area (Å²) < 4.78 is 5.59. The predicted octanol–water partition coefficient (Wildman–Crippen LogP) is 4.43. The summed E-state index contributed by atoms with van der Waals surface area (Å²) in [4.78, 5) is 20.6. The van der Waals surface area contributed by atoms with Gasteiger partial charge in [0.1, 0.15) is 11.4 Å². The van der Waals surface area contributed by atoms with Gasteiger partial charge < -0.3 is 10.1 Å². The Bertz CT molecular complexity index is 748. The molecular formula is C16H17N3O5. The van der Waals surface area contributed by atoms with Gasteiger partial charge in [0.2, 0.25) is 0 Å². The zero-order valence-corrected chi connectivity index (χ0v) is 13.1. The van der Waals surface area contributed by atoms with Gasteiger partial charge >= 0.3 is 0 Å². The molecule has 0 aromatic heterocycles. The lowest BCUT2D eigenvalue weighted by molar-refractivity contribution is -0.393. The minimum Gasteiger partial charge on any atom is -0.494 e. The van der Waals surface area contributed by atoms with Crippen LogP contribution in [0.15, 0.2) is 42.5 Å². The second-order valence-corrected chi connectivity index (χ2v) is 5.07. The Kier molecular flexibility index (Phi) is 5.67. The van der Waals surface area contributed by atoms with Gasteiger partial charge in [-0.15, -0.1) is 0 Å². The van der Waals surface area contributed by atoms with Crippen molar-refractivity contribution >= 4 is 22.7 Å². The number of non-ortho nitro benzene ring substituents is 1. The normalized spacial score (nSPS) is 10.2. The molecular weight excluding hydrogens is 314 g/mol. The summed E-state index contributed by atoms with van der Waals surface area (Å²) >= 11 is 0. The Morgan fingerprint density at radius 2 is 1.88 bits per heavy atom. The molecule has 0 radical (unpaired) electrons. The van der Waals surface area contributed by atoms with Crippen LogP contribution in [0.2, 0.25) is 0 Å². The van der Waals surface area contributed by atoms with Gasteiger partial charge in [0.05, 0.1) is 22.5 Å². The number of hydrogen-bond acceptors (Lipinski definition) is 6. The Morgan fingerprint density at radius 3 is 2.54 bits per heavy atom. The molecule has 2 aromatic rings. The molecule has 0 fully saturated rings. The molecule has 0 atom stereocenters. The first-order valence-electron chi connectivity index (χ1n) is 7.44. The molecule has 1 N–H and O–H groups in total. The van der Waals surface area contributed by atoms with Crippen LogP contribution in [-0.4, -0.2) is 16.5 Å². The van der Waals surface area contributed by atoms with Gasteiger partial charge in [-0.3, -0.25) is 20.2 Å². The van der Waals surface area contributed by atoms with Crippen LogP contribution in [-0.2, 0) is 0 Å². The summed E-state index contributed by atoms with van der Waals surface area (Å²) in [5.41, 5.74) is 0.0858. The lowest BCUT2D eigenvalue weighted by Gasteiger charge is -2.10. The Balaban J connectivity index is 2.22. The van der Waals surface area contributed by atoms with Crippen LogP contribution in [0.25, 0.3) is 0 Å². The van der Waals surface area contributed by atoms with E-state index >= 15 is 0 Å². The van der Waals surface area contributed by atoms with Crippen molar-refractivity contribution in [3.8, 4) is 5.75 Å². The van der Waals surface area contributed by atoms with E-state index in [4.69, 9.17) is 4.74 Å². The van der Waals surface area contributed by atoms with E-state index in [1.807, 2.05) is 0 Å². The number of nitrogens with one attached hydrogen (secondary N) is 1. The number of anilines is 2. The van der Waals surface area contributed by atoms with Gasteiger partial charge in [-0.1, -0.05) is 19.4 Å². The maximum absolute atomic E-state index is 11.1.